The number of nitro benzene ring substituents is 1. The predicted octanol–water partition coefficient (Wildman–Crippen LogP) is 3.22. The molecule has 2 saturated heterocycles. The molecule has 3 rings (SSSR count). The molecule has 2 bridgehead atoms. The zero-order valence-corrected chi connectivity index (χ0v) is 10.5. The van der Waals surface area contributed by atoms with Gasteiger partial charge in [0, 0.05) is 24.1 Å². The van der Waals surface area contributed by atoms with Gasteiger partial charge in [-0.15, -0.1) is 0 Å². The van der Waals surface area contributed by atoms with Crippen molar-refractivity contribution in [2.45, 2.75) is 43.4 Å². The molecule has 20 heavy (non-hydrogen) atoms. The Labute approximate surface area is 113 Å². The lowest BCUT2D eigenvalue weighted by atomic mass is 9.83. The Morgan fingerprint density at radius 3 is 2.55 bits per heavy atom. The summed E-state index contributed by atoms with van der Waals surface area (Å²) in [6.45, 7) is 0. The van der Waals surface area contributed by atoms with Gasteiger partial charge in [-0.25, -0.2) is 0 Å². The molecule has 0 radical (unpaired) electrons. The van der Waals surface area contributed by atoms with Crippen LogP contribution in [0.4, 0.5) is 18.9 Å². The van der Waals surface area contributed by atoms with Gasteiger partial charge >= 0.3 is 6.18 Å². The number of nitrogens with zero attached hydrogens (tertiary/aromatic N) is 1. The topological polar surface area (TPSA) is 55.2 Å². The Hall–Kier alpha value is -1.63. The SMILES string of the molecule is O=[N+]([O-])c1ccc(C2CC3CCC2N3)cc1C(F)(F)F. The van der Waals surface area contributed by atoms with Gasteiger partial charge in [0.25, 0.3) is 5.69 Å². The minimum atomic E-state index is -4.70. The van der Waals surface area contributed by atoms with Crippen molar-refractivity contribution in [3.8, 4) is 0 Å². The van der Waals surface area contributed by atoms with Crippen LogP contribution in [0.25, 0.3) is 0 Å². The fraction of sp³-hybridized carbons (Fsp3) is 0.538. The van der Waals surface area contributed by atoms with Crippen LogP contribution < -0.4 is 5.32 Å². The van der Waals surface area contributed by atoms with Gasteiger partial charge in [0.2, 0.25) is 0 Å². The second-order valence-corrected chi connectivity index (χ2v) is 5.42. The standard InChI is InChI=1S/C13H13F3N2O2/c14-13(15,16)10-5-7(1-4-12(10)18(19)20)9-6-8-2-3-11(9)17-8/h1,4-5,8-9,11,17H,2-3,6H2. The molecule has 4 nitrogen and oxygen atoms in total. The molecule has 0 aliphatic carbocycles. The van der Waals surface area contributed by atoms with Crippen molar-refractivity contribution >= 4 is 5.69 Å². The van der Waals surface area contributed by atoms with E-state index in [1.54, 1.807) is 0 Å². The van der Waals surface area contributed by atoms with E-state index in [0.29, 0.717) is 11.6 Å². The van der Waals surface area contributed by atoms with Gasteiger partial charge < -0.3 is 5.32 Å². The smallest absolute Gasteiger partial charge is 0.311 e. The van der Waals surface area contributed by atoms with Gasteiger partial charge in [-0.2, -0.15) is 13.2 Å². The molecule has 2 aliphatic rings. The molecule has 2 fully saturated rings. The van der Waals surface area contributed by atoms with Gasteiger partial charge in [-0.05, 0) is 30.9 Å². The number of hydrogen-bond donors (Lipinski definition) is 1. The molecule has 2 aliphatic heterocycles. The third-order valence-electron chi connectivity index (χ3n) is 4.25. The molecule has 1 aromatic carbocycles. The highest BCUT2D eigenvalue weighted by Crippen LogP contribution is 2.43. The monoisotopic (exact) mass is 286 g/mol. The minimum Gasteiger partial charge on any atom is -0.311 e. The van der Waals surface area contributed by atoms with Crippen LogP contribution in [0.3, 0.4) is 0 Å². The van der Waals surface area contributed by atoms with Gasteiger partial charge in [-0.3, -0.25) is 10.1 Å². The van der Waals surface area contributed by atoms with Crippen molar-refractivity contribution in [3.63, 3.8) is 0 Å². The molecule has 108 valence electrons. The number of halogens is 3. The molecule has 1 N–H and O–H groups in total. The quantitative estimate of drug-likeness (QED) is 0.671. The van der Waals surface area contributed by atoms with Crippen molar-refractivity contribution in [1.29, 1.82) is 0 Å². The van der Waals surface area contributed by atoms with E-state index >= 15 is 0 Å². The summed E-state index contributed by atoms with van der Waals surface area (Å²) in [5.74, 6) is 0.0238. The first-order valence-corrected chi connectivity index (χ1v) is 6.48. The molecule has 7 heteroatoms. The van der Waals surface area contributed by atoms with Crippen LogP contribution in [0.2, 0.25) is 0 Å². The van der Waals surface area contributed by atoms with Crippen LogP contribution >= 0.6 is 0 Å². The van der Waals surface area contributed by atoms with E-state index in [9.17, 15) is 23.3 Å². The minimum absolute atomic E-state index is 0.0238. The molecule has 0 amide bonds. The maximum Gasteiger partial charge on any atom is 0.423 e. The molecular weight excluding hydrogens is 273 g/mol. The number of hydrogen-bond acceptors (Lipinski definition) is 3. The number of alkyl halides is 3. The van der Waals surface area contributed by atoms with E-state index in [-0.39, 0.29) is 12.0 Å². The van der Waals surface area contributed by atoms with Crippen molar-refractivity contribution < 1.29 is 18.1 Å². The van der Waals surface area contributed by atoms with E-state index in [1.807, 2.05) is 0 Å². The van der Waals surface area contributed by atoms with E-state index in [1.165, 1.54) is 6.07 Å². The summed E-state index contributed by atoms with van der Waals surface area (Å²) in [7, 11) is 0. The summed E-state index contributed by atoms with van der Waals surface area (Å²) in [6.07, 6.45) is -1.89. The summed E-state index contributed by atoms with van der Waals surface area (Å²) < 4.78 is 38.8. The van der Waals surface area contributed by atoms with E-state index in [2.05, 4.69) is 5.32 Å². The number of fused-ring (bicyclic) bond motifs is 2. The Morgan fingerprint density at radius 2 is 2.05 bits per heavy atom. The fourth-order valence-corrected chi connectivity index (χ4v) is 3.36. The summed E-state index contributed by atoms with van der Waals surface area (Å²) in [4.78, 5) is 9.74. The fourth-order valence-electron chi connectivity index (χ4n) is 3.36. The highest BCUT2D eigenvalue weighted by Gasteiger charge is 2.42. The Balaban J connectivity index is 2.00. The van der Waals surface area contributed by atoms with Gasteiger partial charge in [0.05, 0.1) is 4.92 Å². The van der Waals surface area contributed by atoms with Gasteiger partial charge in [0.1, 0.15) is 5.56 Å². The van der Waals surface area contributed by atoms with Crippen LogP contribution in [0.5, 0.6) is 0 Å². The second-order valence-electron chi connectivity index (χ2n) is 5.42. The first kappa shape index (κ1) is 13.4. The third kappa shape index (κ3) is 2.15. The van der Waals surface area contributed by atoms with Crippen molar-refractivity contribution in [2.24, 2.45) is 0 Å². The predicted molar refractivity (Wildman–Crippen MR) is 65.4 cm³/mol. The van der Waals surface area contributed by atoms with Crippen LogP contribution in [0, 0.1) is 10.1 Å². The summed E-state index contributed by atoms with van der Waals surface area (Å²) in [5.41, 5.74) is -1.48. The highest BCUT2D eigenvalue weighted by atomic mass is 19.4. The van der Waals surface area contributed by atoms with Crippen LogP contribution in [0.15, 0.2) is 18.2 Å². The zero-order valence-electron chi connectivity index (χ0n) is 10.5. The summed E-state index contributed by atoms with van der Waals surface area (Å²) in [5, 5.41) is 14.1. The first-order chi connectivity index (χ1) is 9.36. The van der Waals surface area contributed by atoms with E-state index < -0.39 is 22.4 Å². The average molecular weight is 286 g/mol. The lowest BCUT2D eigenvalue weighted by molar-refractivity contribution is -0.388. The molecule has 3 unspecified atom stereocenters. The Bertz CT molecular complexity index is 559. The Morgan fingerprint density at radius 1 is 1.30 bits per heavy atom. The van der Waals surface area contributed by atoms with Gasteiger partial charge in [0.15, 0.2) is 0 Å². The largest absolute Gasteiger partial charge is 0.423 e. The molecule has 3 atom stereocenters. The molecule has 2 heterocycles. The molecule has 0 saturated carbocycles. The summed E-state index contributed by atoms with van der Waals surface area (Å²) in [6, 6.07) is 3.95. The molecule has 0 spiro atoms. The lowest BCUT2D eigenvalue weighted by Gasteiger charge is -2.21. The van der Waals surface area contributed by atoms with E-state index in [0.717, 1.165) is 31.4 Å². The normalized spacial score (nSPS) is 28.9. The zero-order chi connectivity index (χ0) is 14.5. The molecular formula is C13H13F3N2O2. The average Bonchev–Trinajstić information content (AvgIpc) is 2.99. The molecule has 1 aromatic rings. The third-order valence-corrected chi connectivity index (χ3v) is 4.25. The second kappa shape index (κ2) is 4.44. The highest BCUT2D eigenvalue weighted by molar-refractivity contribution is 5.46. The lowest BCUT2D eigenvalue weighted by Crippen LogP contribution is -2.22. The van der Waals surface area contributed by atoms with Crippen molar-refractivity contribution in [1.82, 2.24) is 5.32 Å². The van der Waals surface area contributed by atoms with Gasteiger partial charge in [-0.1, -0.05) is 6.07 Å². The van der Waals surface area contributed by atoms with Crippen LogP contribution in [-0.4, -0.2) is 17.0 Å². The maximum atomic E-state index is 12.9. The number of nitrogens with one attached hydrogen (secondary N) is 1. The van der Waals surface area contributed by atoms with Crippen LogP contribution in [0.1, 0.15) is 36.3 Å². The van der Waals surface area contributed by atoms with Crippen LogP contribution in [-0.2, 0) is 6.18 Å². The number of benzene rings is 1. The van der Waals surface area contributed by atoms with Crippen molar-refractivity contribution in [2.75, 3.05) is 0 Å². The first-order valence-electron chi connectivity index (χ1n) is 6.48. The van der Waals surface area contributed by atoms with Crippen molar-refractivity contribution in [3.05, 3.63) is 39.4 Å². The summed E-state index contributed by atoms with van der Waals surface area (Å²) >= 11 is 0. The maximum absolute atomic E-state index is 12.9. The Kier molecular flexibility index (Phi) is 2.97. The van der Waals surface area contributed by atoms with E-state index in [4.69, 9.17) is 0 Å². The number of nitro groups is 1. The number of rotatable bonds is 2. The molecule has 0 aromatic heterocycles.